The van der Waals surface area contributed by atoms with Crippen molar-refractivity contribution in [2.45, 2.75) is 11.0 Å². The van der Waals surface area contributed by atoms with Crippen LogP contribution in [-0.4, -0.2) is 18.5 Å². The molecule has 0 saturated carbocycles. The van der Waals surface area contributed by atoms with Gasteiger partial charge in [0, 0.05) is 15.1 Å². The minimum Gasteiger partial charge on any atom is -0.372 e. The molecule has 64 valence electrons. The van der Waals surface area contributed by atoms with Crippen LogP contribution in [0.15, 0.2) is 33.6 Å². The van der Waals surface area contributed by atoms with E-state index >= 15 is 0 Å². The van der Waals surface area contributed by atoms with Gasteiger partial charge < -0.3 is 4.74 Å². The summed E-state index contributed by atoms with van der Waals surface area (Å²) in [7, 11) is 0. The van der Waals surface area contributed by atoms with Crippen LogP contribution in [0.5, 0.6) is 0 Å². The molecule has 2 rings (SSSR count). The van der Waals surface area contributed by atoms with Gasteiger partial charge in [-0.15, -0.1) is 11.8 Å². The highest BCUT2D eigenvalue weighted by Gasteiger charge is 2.22. The fraction of sp³-hybridized carbons (Fsp3) is 0.333. The number of thioether (sulfide) groups is 1. The fourth-order valence-corrected chi connectivity index (χ4v) is 2.48. The summed E-state index contributed by atoms with van der Waals surface area (Å²) in [6.45, 7) is 0.942. The maximum Gasteiger partial charge on any atom is 0.0903 e. The number of rotatable bonds is 3. The lowest BCUT2D eigenvalue weighted by Gasteiger charge is -2.00. The van der Waals surface area contributed by atoms with Crippen LogP contribution in [-0.2, 0) is 4.74 Å². The summed E-state index contributed by atoms with van der Waals surface area (Å²) in [5.74, 6) is 1.07. The van der Waals surface area contributed by atoms with Crippen LogP contribution in [0.25, 0.3) is 0 Å². The third kappa shape index (κ3) is 2.25. The lowest BCUT2D eigenvalue weighted by atomic mass is 10.4. The largest absolute Gasteiger partial charge is 0.372 e. The molecule has 0 amide bonds. The second kappa shape index (κ2) is 3.81. The topological polar surface area (TPSA) is 12.5 Å². The second-order valence-electron chi connectivity index (χ2n) is 2.70. The van der Waals surface area contributed by atoms with Crippen LogP contribution < -0.4 is 0 Å². The van der Waals surface area contributed by atoms with E-state index in [0.29, 0.717) is 6.10 Å². The van der Waals surface area contributed by atoms with Gasteiger partial charge in [0.05, 0.1) is 12.7 Å². The Morgan fingerprint density at radius 1 is 1.50 bits per heavy atom. The van der Waals surface area contributed by atoms with Gasteiger partial charge in [0.15, 0.2) is 0 Å². The van der Waals surface area contributed by atoms with Crippen LogP contribution >= 0.6 is 27.7 Å². The van der Waals surface area contributed by atoms with Gasteiger partial charge in [0.25, 0.3) is 0 Å². The van der Waals surface area contributed by atoms with E-state index in [1.807, 2.05) is 17.8 Å². The van der Waals surface area contributed by atoms with E-state index < -0.39 is 0 Å². The first-order valence-corrected chi connectivity index (χ1v) is 5.63. The van der Waals surface area contributed by atoms with E-state index in [0.717, 1.165) is 12.4 Å². The minimum absolute atomic E-state index is 0.502. The maximum absolute atomic E-state index is 5.13. The van der Waals surface area contributed by atoms with Crippen molar-refractivity contribution in [3.05, 3.63) is 28.7 Å². The molecule has 1 nitrogen and oxygen atoms in total. The quantitative estimate of drug-likeness (QED) is 0.599. The number of hydrogen-bond acceptors (Lipinski definition) is 2. The minimum atomic E-state index is 0.502. The number of ether oxygens (including phenoxy) is 1. The van der Waals surface area contributed by atoms with Crippen LogP contribution in [0, 0.1) is 0 Å². The van der Waals surface area contributed by atoms with E-state index in [1.165, 1.54) is 9.37 Å². The Morgan fingerprint density at radius 3 is 2.92 bits per heavy atom. The summed E-state index contributed by atoms with van der Waals surface area (Å²) in [5.41, 5.74) is 0. The van der Waals surface area contributed by atoms with Crippen molar-refractivity contribution in [1.82, 2.24) is 0 Å². The zero-order valence-corrected chi connectivity index (χ0v) is 8.90. The lowest BCUT2D eigenvalue weighted by Crippen LogP contribution is -1.88. The van der Waals surface area contributed by atoms with Crippen molar-refractivity contribution < 1.29 is 4.74 Å². The van der Waals surface area contributed by atoms with E-state index in [-0.39, 0.29) is 0 Å². The summed E-state index contributed by atoms with van der Waals surface area (Å²) in [6.07, 6.45) is 0.502. The molecule has 1 saturated heterocycles. The highest BCUT2D eigenvalue weighted by atomic mass is 79.9. The van der Waals surface area contributed by atoms with Crippen LogP contribution in [0.3, 0.4) is 0 Å². The molecule has 1 aromatic rings. The molecule has 1 aliphatic heterocycles. The molecule has 12 heavy (non-hydrogen) atoms. The van der Waals surface area contributed by atoms with Gasteiger partial charge in [0.1, 0.15) is 0 Å². The smallest absolute Gasteiger partial charge is 0.0903 e. The first-order chi connectivity index (χ1) is 5.86. The third-order valence-electron chi connectivity index (χ3n) is 1.66. The summed E-state index contributed by atoms with van der Waals surface area (Å²) >= 11 is 5.35. The first-order valence-electron chi connectivity index (χ1n) is 3.85. The maximum atomic E-state index is 5.13. The summed E-state index contributed by atoms with van der Waals surface area (Å²) in [6, 6.07) is 8.27. The Morgan fingerprint density at radius 2 is 2.25 bits per heavy atom. The molecule has 1 aliphatic rings. The Labute approximate surface area is 84.6 Å². The molecule has 0 bridgehead atoms. The standard InChI is InChI=1S/C9H9BrOS/c10-8-3-1-2-4-9(8)12-6-7-5-11-7/h1-4,7H,5-6H2/t7-/m1/s1. The van der Waals surface area contributed by atoms with E-state index in [2.05, 4.69) is 34.1 Å². The van der Waals surface area contributed by atoms with Crippen molar-refractivity contribution >= 4 is 27.7 Å². The SMILES string of the molecule is Brc1ccccc1SC[C@H]1CO1. The molecule has 3 heteroatoms. The predicted octanol–water partition coefficient (Wildman–Crippen LogP) is 2.94. The molecule has 0 aromatic heterocycles. The molecule has 0 spiro atoms. The van der Waals surface area contributed by atoms with Gasteiger partial charge in [-0.2, -0.15) is 0 Å². The first kappa shape index (κ1) is 8.60. The Balaban J connectivity index is 1.96. The van der Waals surface area contributed by atoms with E-state index in [9.17, 15) is 0 Å². The van der Waals surface area contributed by atoms with Crippen LogP contribution in [0.4, 0.5) is 0 Å². The van der Waals surface area contributed by atoms with Gasteiger partial charge in [0.2, 0.25) is 0 Å². The molecule has 1 fully saturated rings. The molecule has 0 N–H and O–H groups in total. The van der Waals surface area contributed by atoms with Crippen molar-refractivity contribution in [3.8, 4) is 0 Å². The van der Waals surface area contributed by atoms with Gasteiger partial charge in [-0.05, 0) is 28.1 Å². The van der Waals surface area contributed by atoms with E-state index in [1.54, 1.807) is 0 Å². The van der Waals surface area contributed by atoms with Crippen LogP contribution in [0.1, 0.15) is 0 Å². The molecule has 0 unspecified atom stereocenters. The van der Waals surface area contributed by atoms with Crippen molar-refractivity contribution in [1.29, 1.82) is 0 Å². The zero-order valence-electron chi connectivity index (χ0n) is 6.50. The average molecular weight is 245 g/mol. The highest BCUT2D eigenvalue weighted by Crippen LogP contribution is 2.29. The van der Waals surface area contributed by atoms with Crippen molar-refractivity contribution in [3.63, 3.8) is 0 Å². The highest BCUT2D eigenvalue weighted by molar-refractivity contribution is 9.10. The third-order valence-corrected chi connectivity index (χ3v) is 3.82. The monoisotopic (exact) mass is 244 g/mol. The van der Waals surface area contributed by atoms with Gasteiger partial charge >= 0.3 is 0 Å². The Kier molecular flexibility index (Phi) is 2.73. The second-order valence-corrected chi connectivity index (χ2v) is 4.61. The number of halogens is 1. The number of benzene rings is 1. The molecule has 1 heterocycles. The zero-order chi connectivity index (χ0) is 8.39. The normalized spacial score (nSPS) is 20.9. The van der Waals surface area contributed by atoms with Gasteiger partial charge in [-0.25, -0.2) is 0 Å². The molecular weight excluding hydrogens is 236 g/mol. The Bertz CT molecular complexity index is 273. The molecular formula is C9H9BrOS. The fourth-order valence-electron chi connectivity index (χ4n) is 0.909. The van der Waals surface area contributed by atoms with Crippen molar-refractivity contribution in [2.24, 2.45) is 0 Å². The van der Waals surface area contributed by atoms with Crippen molar-refractivity contribution in [2.75, 3.05) is 12.4 Å². The number of hydrogen-bond donors (Lipinski definition) is 0. The summed E-state index contributed by atoms with van der Waals surface area (Å²) in [5, 5.41) is 0. The molecule has 0 aliphatic carbocycles. The van der Waals surface area contributed by atoms with Crippen LogP contribution in [0.2, 0.25) is 0 Å². The average Bonchev–Trinajstić information content (AvgIpc) is 2.86. The van der Waals surface area contributed by atoms with E-state index in [4.69, 9.17) is 4.74 Å². The lowest BCUT2D eigenvalue weighted by molar-refractivity contribution is 0.426. The van der Waals surface area contributed by atoms with Gasteiger partial charge in [-0.3, -0.25) is 0 Å². The molecule has 0 radical (unpaired) electrons. The predicted molar refractivity (Wildman–Crippen MR) is 54.6 cm³/mol. The molecule has 1 aromatic carbocycles. The summed E-state index contributed by atoms with van der Waals surface area (Å²) in [4.78, 5) is 1.30. The molecule has 1 atom stereocenters. The Hall–Kier alpha value is 0.01000. The number of epoxide rings is 1. The van der Waals surface area contributed by atoms with Gasteiger partial charge in [-0.1, -0.05) is 12.1 Å². The summed E-state index contributed by atoms with van der Waals surface area (Å²) < 4.78 is 6.31.